The van der Waals surface area contributed by atoms with Crippen LogP contribution in [0.3, 0.4) is 0 Å². The van der Waals surface area contributed by atoms with Crippen molar-refractivity contribution in [1.82, 2.24) is 34.9 Å². The lowest BCUT2D eigenvalue weighted by molar-refractivity contribution is 0.471. The number of hydrogen-bond donors (Lipinski definition) is 2. The minimum atomic E-state index is -0.819. The van der Waals surface area contributed by atoms with Gasteiger partial charge in [0, 0.05) is 37.4 Å². The van der Waals surface area contributed by atoms with Crippen LogP contribution in [0, 0.1) is 18.6 Å². The second-order valence-electron chi connectivity index (χ2n) is 8.63. The molecule has 1 fully saturated rings. The van der Waals surface area contributed by atoms with Crippen molar-refractivity contribution < 1.29 is 8.78 Å². The van der Waals surface area contributed by atoms with E-state index in [9.17, 15) is 8.78 Å². The van der Waals surface area contributed by atoms with E-state index in [0.717, 1.165) is 47.0 Å². The molecule has 1 aliphatic carbocycles. The molecular weight excluding hydrogens is 428 g/mol. The van der Waals surface area contributed by atoms with Gasteiger partial charge in [-0.25, -0.2) is 23.7 Å². The highest BCUT2D eigenvalue weighted by molar-refractivity contribution is 5.60. The van der Waals surface area contributed by atoms with Crippen LogP contribution in [0.25, 0.3) is 11.4 Å². The Balaban J connectivity index is 1.36. The van der Waals surface area contributed by atoms with Crippen LogP contribution in [-0.2, 0) is 12.8 Å². The highest BCUT2D eigenvalue weighted by atomic mass is 19.2. The lowest BCUT2D eigenvalue weighted by Gasteiger charge is -2.41. The fourth-order valence-electron chi connectivity index (χ4n) is 4.90. The summed E-state index contributed by atoms with van der Waals surface area (Å²) in [5.74, 6) is 0.467. The van der Waals surface area contributed by atoms with E-state index in [4.69, 9.17) is 5.73 Å². The highest BCUT2D eigenvalue weighted by Crippen LogP contribution is 2.40. The maximum atomic E-state index is 13.9. The number of benzene rings is 1. The average Bonchev–Trinajstić information content (AvgIpc) is 3.47. The molecule has 33 heavy (non-hydrogen) atoms. The lowest BCUT2D eigenvalue weighted by Crippen LogP contribution is -2.46. The van der Waals surface area contributed by atoms with Crippen molar-refractivity contribution in [3.8, 4) is 11.4 Å². The monoisotopic (exact) mass is 449 g/mol. The Morgan fingerprint density at radius 2 is 1.64 bits per heavy atom. The Hall–Kier alpha value is -3.89. The predicted octanol–water partition coefficient (Wildman–Crippen LogP) is 2.57. The average molecular weight is 449 g/mol. The maximum Gasteiger partial charge on any atom is 0.219 e. The van der Waals surface area contributed by atoms with Gasteiger partial charge in [0.15, 0.2) is 11.6 Å². The van der Waals surface area contributed by atoms with Gasteiger partial charge >= 0.3 is 0 Å². The molecule has 9 nitrogen and oxygen atoms in total. The van der Waals surface area contributed by atoms with Gasteiger partial charge in [-0.2, -0.15) is 15.4 Å². The summed E-state index contributed by atoms with van der Waals surface area (Å²) in [5, 5.41) is 11.1. The number of nitrogen functional groups attached to an aromatic ring is 1. The number of aromatic amines is 1. The van der Waals surface area contributed by atoms with Gasteiger partial charge in [0.2, 0.25) is 5.95 Å². The largest absolute Gasteiger partial charge is 0.368 e. The highest BCUT2D eigenvalue weighted by Gasteiger charge is 2.36. The summed E-state index contributed by atoms with van der Waals surface area (Å²) in [6.45, 7) is 3.50. The molecule has 1 aromatic carbocycles. The lowest BCUT2D eigenvalue weighted by atomic mass is 9.95. The standard InChI is InChI=1S/C22H21F2N9/c1-11-20(30-31-29-11)15-9-32(10-15)19-8-26-21(14-6-27-22(25)28-7-14)33(19)16-2-12-4-17(23)18(24)5-13(12)3-16/h4-8,15-16H,2-3,9-10H2,1H3,(H2,25,27,28)(H,29,30,31). The first-order valence-electron chi connectivity index (χ1n) is 10.7. The molecule has 3 N–H and O–H groups in total. The Kier molecular flexibility index (Phi) is 4.39. The first kappa shape index (κ1) is 19.8. The van der Waals surface area contributed by atoms with Crippen molar-refractivity contribution in [2.24, 2.45) is 0 Å². The van der Waals surface area contributed by atoms with Crippen LogP contribution in [0.4, 0.5) is 20.5 Å². The van der Waals surface area contributed by atoms with Crippen LogP contribution in [0.5, 0.6) is 0 Å². The van der Waals surface area contributed by atoms with E-state index >= 15 is 0 Å². The molecule has 0 unspecified atom stereocenters. The minimum Gasteiger partial charge on any atom is -0.368 e. The van der Waals surface area contributed by atoms with Crippen molar-refractivity contribution in [2.75, 3.05) is 23.7 Å². The number of H-pyrrole nitrogens is 1. The molecule has 2 aliphatic rings. The van der Waals surface area contributed by atoms with Crippen molar-refractivity contribution >= 4 is 11.8 Å². The van der Waals surface area contributed by atoms with E-state index in [2.05, 4.69) is 39.8 Å². The molecule has 6 rings (SSSR count). The number of nitrogens with two attached hydrogens (primary N) is 1. The fraction of sp³-hybridized carbons (Fsp3) is 0.318. The number of aryl methyl sites for hydroxylation is 1. The molecule has 168 valence electrons. The molecule has 11 heteroatoms. The summed E-state index contributed by atoms with van der Waals surface area (Å²) in [5.41, 5.74) is 9.91. The van der Waals surface area contributed by atoms with E-state index in [1.54, 1.807) is 12.4 Å². The van der Waals surface area contributed by atoms with Gasteiger partial charge in [-0.1, -0.05) is 0 Å². The van der Waals surface area contributed by atoms with Crippen molar-refractivity contribution in [2.45, 2.75) is 31.7 Å². The zero-order chi connectivity index (χ0) is 22.7. The molecule has 0 saturated carbocycles. The Morgan fingerprint density at radius 3 is 2.24 bits per heavy atom. The summed E-state index contributed by atoms with van der Waals surface area (Å²) < 4.78 is 29.9. The van der Waals surface area contributed by atoms with Crippen LogP contribution in [0.15, 0.2) is 30.7 Å². The van der Waals surface area contributed by atoms with Crippen LogP contribution in [0.1, 0.15) is 34.5 Å². The number of halogens is 2. The van der Waals surface area contributed by atoms with Gasteiger partial charge in [-0.3, -0.25) is 0 Å². The van der Waals surface area contributed by atoms with Crippen LogP contribution < -0.4 is 10.6 Å². The number of imidazole rings is 1. The molecule has 1 saturated heterocycles. The number of hydrogen-bond acceptors (Lipinski definition) is 7. The van der Waals surface area contributed by atoms with Crippen LogP contribution in [0.2, 0.25) is 0 Å². The minimum absolute atomic E-state index is 0.0425. The van der Waals surface area contributed by atoms with Crippen LogP contribution >= 0.6 is 0 Å². The van der Waals surface area contributed by atoms with Gasteiger partial charge in [-0.05, 0) is 43.0 Å². The van der Waals surface area contributed by atoms with Gasteiger partial charge in [0.25, 0.3) is 0 Å². The van der Waals surface area contributed by atoms with E-state index in [1.165, 1.54) is 12.1 Å². The number of nitrogens with zero attached hydrogens (tertiary/aromatic N) is 7. The number of aromatic nitrogens is 7. The summed E-state index contributed by atoms with van der Waals surface area (Å²) in [6, 6.07) is 2.57. The molecule has 0 radical (unpaired) electrons. The number of fused-ring (bicyclic) bond motifs is 1. The smallest absolute Gasteiger partial charge is 0.219 e. The third-order valence-electron chi connectivity index (χ3n) is 6.58. The van der Waals surface area contributed by atoms with Gasteiger partial charge in [0.1, 0.15) is 11.6 Å². The van der Waals surface area contributed by atoms with Gasteiger partial charge < -0.3 is 15.2 Å². The van der Waals surface area contributed by atoms with Gasteiger partial charge in [0.05, 0.1) is 23.1 Å². The van der Waals surface area contributed by atoms with E-state index in [-0.39, 0.29) is 17.9 Å². The Morgan fingerprint density at radius 1 is 0.970 bits per heavy atom. The summed E-state index contributed by atoms with van der Waals surface area (Å²) >= 11 is 0. The molecule has 4 heterocycles. The second kappa shape index (κ2) is 7.32. The Labute approximate surface area is 187 Å². The van der Waals surface area contributed by atoms with Crippen molar-refractivity contribution in [3.63, 3.8) is 0 Å². The first-order valence-corrected chi connectivity index (χ1v) is 10.7. The summed E-state index contributed by atoms with van der Waals surface area (Å²) in [7, 11) is 0. The molecule has 4 aromatic rings. The van der Waals surface area contributed by atoms with Crippen molar-refractivity contribution in [3.05, 3.63) is 64.9 Å². The number of nitrogens with one attached hydrogen (secondary N) is 1. The third-order valence-corrected chi connectivity index (χ3v) is 6.58. The number of anilines is 2. The van der Waals surface area contributed by atoms with Gasteiger partial charge in [-0.15, -0.1) is 0 Å². The fourth-order valence-corrected chi connectivity index (χ4v) is 4.90. The summed E-state index contributed by atoms with van der Waals surface area (Å²) in [4.78, 5) is 15.1. The normalized spacial score (nSPS) is 16.3. The third kappa shape index (κ3) is 3.22. The summed E-state index contributed by atoms with van der Waals surface area (Å²) in [6.07, 6.45) is 6.28. The predicted molar refractivity (Wildman–Crippen MR) is 117 cm³/mol. The van der Waals surface area contributed by atoms with Crippen molar-refractivity contribution in [1.29, 1.82) is 0 Å². The quantitative estimate of drug-likeness (QED) is 0.492. The molecule has 0 amide bonds. The van der Waals surface area contributed by atoms with E-state index in [0.29, 0.717) is 18.7 Å². The Bertz CT molecular complexity index is 1310. The first-order chi connectivity index (χ1) is 16.0. The number of rotatable bonds is 4. The van der Waals surface area contributed by atoms with E-state index < -0.39 is 11.6 Å². The molecule has 3 aromatic heterocycles. The zero-order valence-corrected chi connectivity index (χ0v) is 17.8. The molecule has 0 atom stereocenters. The topological polar surface area (TPSA) is 114 Å². The van der Waals surface area contributed by atoms with E-state index in [1.807, 2.05) is 13.1 Å². The molecule has 1 aliphatic heterocycles. The van der Waals surface area contributed by atoms with Crippen LogP contribution in [-0.4, -0.2) is 48.0 Å². The molecular formula is C22H21F2N9. The molecule has 0 bridgehead atoms. The maximum absolute atomic E-state index is 13.9. The SMILES string of the molecule is Cc1n[nH]nc1C1CN(c2cnc(-c3cnc(N)nc3)n2C2Cc3cc(F)c(F)cc3C2)C1. The molecule has 0 spiro atoms. The second-order valence-corrected chi connectivity index (χ2v) is 8.63. The zero-order valence-electron chi connectivity index (χ0n) is 17.8.